The molecule has 0 saturated heterocycles. The van der Waals surface area contributed by atoms with Crippen molar-refractivity contribution in [3.05, 3.63) is 29.1 Å². The number of fused-ring (bicyclic) bond motifs is 1. The number of pyridine rings is 2. The van der Waals surface area contributed by atoms with Gasteiger partial charge in [-0.1, -0.05) is 0 Å². The molecule has 2 aromatic heterocycles. The molecule has 0 unspecified atom stereocenters. The molecule has 0 aliphatic heterocycles. The number of aromatic nitrogens is 2. The molecule has 76 valence electrons. The van der Waals surface area contributed by atoms with Crippen LogP contribution < -0.4 is 5.32 Å². The second kappa shape index (κ2) is 3.82. The maximum atomic E-state index is 10.4. The Bertz CT molecular complexity index is 530. The van der Waals surface area contributed by atoms with E-state index < -0.39 is 6.09 Å². The summed E-state index contributed by atoms with van der Waals surface area (Å²) in [5.41, 5.74) is 0. The topological polar surface area (TPSA) is 75.1 Å². The minimum absolute atomic E-state index is 0.299. The molecule has 0 fully saturated rings. The number of carbonyl (C=O) groups is 1. The Morgan fingerprint density at radius 1 is 1.27 bits per heavy atom. The van der Waals surface area contributed by atoms with E-state index in [0.717, 1.165) is 10.8 Å². The van der Waals surface area contributed by atoms with E-state index in [0.29, 0.717) is 10.4 Å². The summed E-state index contributed by atoms with van der Waals surface area (Å²) in [6, 6.07) is 3.44. The summed E-state index contributed by atoms with van der Waals surface area (Å²) in [5, 5.41) is 12.4. The van der Waals surface area contributed by atoms with Gasteiger partial charge in [0.1, 0.15) is 10.4 Å². The van der Waals surface area contributed by atoms with Crippen molar-refractivity contribution < 1.29 is 9.90 Å². The lowest BCUT2D eigenvalue weighted by molar-refractivity contribution is 0.209. The average molecular weight is 268 g/mol. The van der Waals surface area contributed by atoms with Crippen molar-refractivity contribution in [3.63, 3.8) is 0 Å². The Labute approximate surface area is 93.3 Å². The summed E-state index contributed by atoms with van der Waals surface area (Å²) >= 11 is 3.24. The number of halogens is 1. The fraction of sp³-hybridized carbons (Fsp3) is 0. The van der Waals surface area contributed by atoms with Crippen molar-refractivity contribution in [3.8, 4) is 0 Å². The number of hydrogen-bond acceptors (Lipinski definition) is 3. The summed E-state index contributed by atoms with van der Waals surface area (Å²) in [4.78, 5) is 18.4. The highest BCUT2D eigenvalue weighted by Gasteiger charge is 2.01. The minimum atomic E-state index is -1.13. The lowest BCUT2D eigenvalue weighted by Crippen LogP contribution is -2.08. The van der Waals surface area contributed by atoms with Gasteiger partial charge in [-0.2, -0.15) is 0 Å². The van der Waals surface area contributed by atoms with E-state index in [-0.39, 0.29) is 0 Å². The average Bonchev–Trinajstić information content (AvgIpc) is 2.16. The molecule has 0 atom stereocenters. The Balaban J connectivity index is 2.49. The quantitative estimate of drug-likeness (QED) is 0.779. The van der Waals surface area contributed by atoms with Gasteiger partial charge in [0.25, 0.3) is 0 Å². The third-order valence-electron chi connectivity index (χ3n) is 1.80. The third-order valence-corrected chi connectivity index (χ3v) is 2.24. The predicted octanol–water partition coefficient (Wildman–Crippen LogP) is 2.48. The first-order valence-electron chi connectivity index (χ1n) is 4.06. The summed E-state index contributed by atoms with van der Waals surface area (Å²) in [6.45, 7) is 0. The van der Waals surface area contributed by atoms with E-state index in [1.807, 2.05) is 0 Å². The second-order valence-corrected chi connectivity index (χ2v) is 3.67. The van der Waals surface area contributed by atoms with Crippen LogP contribution in [-0.2, 0) is 0 Å². The van der Waals surface area contributed by atoms with Crippen molar-refractivity contribution in [2.75, 3.05) is 5.32 Å². The van der Waals surface area contributed by atoms with E-state index in [9.17, 15) is 4.79 Å². The molecule has 1 amide bonds. The number of rotatable bonds is 1. The second-order valence-electron chi connectivity index (χ2n) is 2.85. The molecule has 2 heterocycles. The molecule has 2 aromatic rings. The largest absolute Gasteiger partial charge is 0.465 e. The Kier molecular flexibility index (Phi) is 2.51. The predicted molar refractivity (Wildman–Crippen MR) is 58.9 cm³/mol. The Morgan fingerprint density at radius 2 is 2.00 bits per heavy atom. The fourth-order valence-corrected chi connectivity index (χ4v) is 1.54. The molecule has 0 radical (unpaired) electrons. The minimum Gasteiger partial charge on any atom is -0.465 e. The maximum Gasteiger partial charge on any atom is 0.410 e. The molecular weight excluding hydrogens is 262 g/mol. The van der Waals surface area contributed by atoms with Crippen LogP contribution in [0, 0.1) is 0 Å². The third kappa shape index (κ3) is 2.21. The van der Waals surface area contributed by atoms with Crippen molar-refractivity contribution in [1.29, 1.82) is 0 Å². The van der Waals surface area contributed by atoms with E-state index >= 15 is 0 Å². The molecule has 2 N–H and O–H groups in total. The number of anilines is 1. The normalized spacial score (nSPS) is 10.2. The molecule has 6 heteroatoms. The van der Waals surface area contributed by atoms with Crippen LogP contribution in [-0.4, -0.2) is 21.2 Å². The summed E-state index contributed by atoms with van der Waals surface area (Å²) < 4.78 is 0.697. The van der Waals surface area contributed by atoms with E-state index in [1.54, 1.807) is 24.5 Å². The van der Waals surface area contributed by atoms with Gasteiger partial charge in [0.05, 0.1) is 0 Å². The van der Waals surface area contributed by atoms with Crippen LogP contribution in [0.15, 0.2) is 29.1 Å². The van der Waals surface area contributed by atoms with Gasteiger partial charge in [-0.25, -0.2) is 14.8 Å². The number of carboxylic acid groups (broad SMARTS) is 1. The molecule has 2 rings (SSSR count). The first kappa shape index (κ1) is 9.85. The zero-order valence-electron chi connectivity index (χ0n) is 7.44. The smallest absolute Gasteiger partial charge is 0.410 e. The van der Waals surface area contributed by atoms with Gasteiger partial charge in [-0.3, -0.25) is 5.32 Å². The lowest BCUT2D eigenvalue weighted by Gasteiger charge is -2.01. The molecule has 0 aliphatic carbocycles. The van der Waals surface area contributed by atoms with Crippen molar-refractivity contribution >= 4 is 38.6 Å². The summed E-state index contributed by atoms with van der Waals surface area (Å²) in [6.07, 6.45) is 2.10. The highest BCUT2D eigenvalue weighted by atomic mass is 79.9. The van der Waals surface area contributed by atoms with Gasteiger partial charge in [-0.05, 0) is 33.4 Å². The highest BCUT2D eigenvalue weighted by molar-refractivity contribution is 9.10. The molecule has 15 heavy (non-hydrogen) atoms. The molecule has 5 nitrogen and oxygen atoms in total. The van der Waals surface area contributed by atoms with E-state index in [2.05, 4.69) is 31.2 Å². The van der Waals surface area contributed by atoms with Crippen molar-refractivity contribution in [2.24, 2.45) is 0 Å². The lowest BCUT2D eigenvalue weighted by atomic mass is 10.2. The number of hydrogen-bond donors (Lipinski definition) is 2. The van der Waals surface area contributed by atoms with Crippen molar-refractivity contribution in [1.82, 2.24) is 9.97 Å². The van der Waals surface area contributed by atoms with Crippen LogP contribution in [0.2, 0.25) is 0 Å². The maximum absolute atomic E-state index is 10.4. The van der Waals surface area contributed by atoms with Gasteiger partial charge in [0.2, 0.25) is 0 Å². The van der Waals surface area contributed by atoms with Crippen LogP contribution in [0.1, 0.15) is 0 Å². The standard InChI is InChI=1S/C9H6BrN3O2/c10-7-1-5-2-8(13-9(14)15)12-4-6(5)3-11-7/h1-4H,(H,12,13)(H,14,15). The fourth-order valence-electron chi connectivity index (χ4n) is 1.19. The van der Waals surface area contributed by atoms with E-state index in [4.69, 9.17) is 5.11 Å². The molecule has 0 aromatic carbocycles. The zero-order valence-corrected chi connectivity index (χ0v) is 9.02. The summed E-state index contributed by atoms with van der Waals surface area (Å²) in [7, 11) is 0. The van der Waals surface area contributed by atoms with Crippen LogP contribution in [0.5, 0.6) is 0 Å². The van der Waals surface area contributed by atoms with Gasteiger partial charge < -0.3 is 5.11 Å². The van der Waals surface area contributed by atoms with Crippen LogP contribution in [0.3, 0.4) is 0 Å². The van der Waals surface area contributed by atoms with Crippen LogP contribution in [0.4, 0.5) is 10.6 Å². The monoisotopic (exact) mass is 267 g/mol. The van der Waals surface area contributed by atoms with E-state index in [1.165, 1.54) is 0 Å². The van der Waals surface area contributed by atoms with Gasteiger partial charge in [0, 0.05) is 17.8 Å². The molecule has 0 spiro atoms. The highest BCUT2D eigenvalue weighted by Crippen LogP contribution is 2.18. The van der Waals surface area contributed by atoms with Gasteiger partial charge >= 0.3 is 6.09 Å². The first-order valence-corrected chi connectivity index (χ1v) is 4.86. The van der Waals surface area contributed by atoms with Gasteiger partial charge in [-0.15, -0.1) is 0 Å². The number of nitrogens with zero attached hydrogens (tertiary/aromatic N) is 2. The van der Waals surface area contributed by atoms with Gasteiger partial charge in [0.15, 0.2) is 0 Å². The molecule has 0 bridgehead atoms. The first-order chi connectivity index (χ1) is 7.15. The SMILES string of the molecule is O=C(O)Nc1cc2cc(Br)ncc2cn1. The molecule has 0 saturated carbocycles. The zero-order chi connectivity index (χ0) is 10.8. The molecular formula is C9H6BrN3O2. The van der Waals surface area contributed by atoms with Crippen LogP contribution in [0.25, 0.3) is 10.8 Å². The summed E-state index contributed by atoms with van der Waals surface area (Å²) in [5.74, 6) is 0.299. The Morgan fingerprint density at radius 3 is 2.73 bits per heavy atom. The Hall–Kier alpha value is -1.69. The van der Waals surface area contributed by atoms with Crippen molar-refractivity contribution in [2.45, 2.75) is 0 Å². The number of amides is 1. The number of nitrogens with one attached hydrogen (secondary N) is 1. The van der Waals surface area contributed by atoms with Crippen LogP contribution >= 0.6 is 15.9 Å². The molecule has 0 aliphatic rings.